The molecule has 0 saturated heterocycles. The molecule has 0 atom stereocenters. The maximum Gasteiger partial charge on any atom is 0.341 e. The van der Waals surface area contributed by atoms with Crippen molar-refractivity contribution in [1.82, 2.24) is 15.2 Å². The first-order chi connectivity index (χ1) is 11.6. The molecule has 7 nitrogen and oxygen atoms in total. The van der Waals surface area contributed by atoms with Gasteiger partial charge in [-0.05, 0) is 38.3 Å². The topological polar surface area (TPSA) is 91.2 Å². The predicted octanol–water partition coefficient (Wildman–Crippen LogP) is 3.42. The summed E-state index contributed by atoms with van der Waals surface area (Å²) in [7, 11) is 0. The second-order valence-corrected chi connectivity index (χ2v) is 5.76. The van der Waals surface area contributed by atoms with Gasteiger partial charge in [-0.25, -0.2) is 9.78 Å². The fourth-order valence-corrected chi connectivity index (χ4v) is 2.72. The Morgan fingerprint density at radius 3 is 2.83 bits per heavy atom. The van der Waals surface area contributed by atoms with E-state index >= 15 is 0 Å². The number of aromatic nitrogens is 3. The molecule has 3 aromatic rings. The van der Waals surface area contributed by atoms with Crippen LogP contribution in [0.15, 0.2) is 38.3 Å². The molecule has 0 unspecified atom stereocenters. The van der Waals surface area contributed by atoms with Crippen LogP contribution >= 0.6 is 11.8 Å². The molecule has 0 amide bonds. The lowest BCUT2D eigenvalue weighted by Gasteiger charge is -2.05. The van der Waals surface area contributed by atoms with Crippen molar-refractivity contribution in [1.29, 1.82) is 0 Å². The molecule has 0 aliphatic carbocycles. The number of thioether (sulfide) groups is 1. The highest BCUT2D eigenvalue weighted by molar-refractivity contribution is 7.98. The molecular formula is C16H15N3O4S. The van der Waals surface area contributed by atoms with Gasteiger partial charge in [0, 0.05) is 6.20 Å². The van der Waals surface area contributed by atoms with E-state index in [1.807, 2.05) is 26.2 Å². The smallest absolute Gasteiger partial charge is 0.341 e. The molecule has 24 heavy (non-hydrogen) atoms. The third kappa shape index (κ3) is 3.33. The van der Waals surface area contributed by atoms with Crippen LogP contribution < -0.4 is 0 Å². The Morgan fingerprint density at radius 2 is 2.12 bits per heavy atom. The number of esters is 1. The summed E-state index contributed by atoms with van der Waals surface area (Å²) in [6.07, 6.45) is 3.47. The van der Waals surface area contributed by atoms with Crippen LogP contribution in [-0.4, -0.2) is 27.4 Å². The number of carbonyl (C=O) groups excluding carboxylic acids is 1. The minimum atomic E-state index is -0.484. The molecule has 0 aliphatic heterocycles. The van der Waals surface area contributed by atoms with Gasteiger partial charge >= 0.3 is 5.97 Å². The van der Waals surface area contributed by atoms with Gasteiger partial charge in [-0.15, -0.1) is 22.0 Å². The minimum absolute atomic E-state index is 0.107. The number of nitrogens with zero attached hydrogens (tertiary/aromatic N) is 3. The van der Waals surface area contributed by atoms with Crippen LogP contribution in [0.5, 0.6) is 0 Å². The highest BCUT2D eigenvalue weighted by Crippen LogP contribution is 2.25. The maximum atomic E-state index is 12.2. The highest BCUT2D eigenvalue weighted by atomic mass is 32.2. The van der Waals surface area contributed by atoms with Crippen molar-refractivity contribution >= 4 is 17.7 Å². The monoisotopic (exact) mass is 345 g/mol. The molecule has 0 N–H and O–H groups in total. The summed E-state index contributed by atoms with van der Waals surface area (Å²) in [5.74, 6) is 1.52. The number of hydrogen-bond donors (Lipinski definition) is 0. The van der Waals surface area contributed by atoms with Crippen molar-refractivity contribution in [3.63, 3.8) is 0 Å². The molecule has 124 valence electrons. The lowest BCUT2D eigenvalue weighted by atomic mass is 10.2. The third-order valence-electron chi connectivity index (χ3n) is 3.25. The molecule has 3 rings (SSSR count). The number of furan rings is 1. The predicted molar refractivity (Wildman–Crippen MR) is 86.6 cm³/mol. The van der Waals surface area contributed by atoms with E-state index in [0.29, 0.717) is 22.2 Å². The number of carbonyl (C=O) groups is 1. The summed E-state index contributed by atoms with van der Waals surface area (Å²) in [6, 6.07) is 5.17. The van der Waals surface area contributed by atoms with Crippen LogP contribution in [-0.2, 0) is 11.3 Å². The Balaban J connectivity index is 1.69. The van der Waals surface area contributed by atoms with Gasteiger partial charge in [-0.3, -0.25) is 0 Å². The van der Waals surface area contributed by atoms with Gasteiger partial charge < -0.3 is 13.6 Å². The molecule has 0 bridgehead atoms. The Morgan fingerprint density at radius 1 is 1.29 bits per heavy atom. The molecule has 0 aromatic carbocycles. The van der Waals surface area contributed by atoms with Crippen molar-refractivity contribution in [3.05, 3.63) is 47.4 Å². The number of rotatable bonds is 5. The standard InChI is InChI=1S/C16H15N3O4S/c1-9-7-12(10(2)22-9)14-19-18-13(23-14)8-21-16(20)11-5-4-6-17-15(11)24-3/h4-7H,8H2,1-3H3. The van der Waals surface area contributed by atoms with Crippen LogP contribution in [0.2, 0.25) is 0 Å². The number of aryl methyl sites for hydroxylation is 2. The lowest BCUT2D eigenvalue weighted by Crippen LogP contribution is -2.07. The van der Waals surface area contributed by atoms with Crippen LogP contribution in [0.1, 0.15) is 27.8 Å². The van der Waals surface area contributed by atoms with E-state index in [1.165, 1.54) is 11.8 Å². The zero-order valence-electron chi connectivity index (χ0n) is 13.4. The molecule has 0 aliphatic rings. The summed E-state index contributed by atoms with van der Waals surface area (Å²) >= 11 is 1.38. The average molecular weight is 345 g/mol. The van der Waals surface area contributed by atoms with Crippen LogP contribution in [0.4, 0.5) is 0 Å². The Kier molecular flexibility index (Phi) is 4.66. The van der Waals surface area contributed by atoms with Crippen molar-refractivity contribution in [2.75, 3.05) is 6.26 Å². The van der Waals surface area contributed by atoms with Gasteiger partial charge in [0.1, 0.15) is 16.5 Å². The van der Waals surface area contributed by atoms with Crippen LogP contribution in [0.25, 0.3) is 11.5 Å². The summed E-state index contributed by atoms with van der Waals surface area (Å²) in [5.41, 5.74) is 1.14. The van der Waals surface area contributed by atoms with Gasteiger partial charge in [0.25, 0.3) is 11.8 Å². The lowest BCUT2D eigenvalue weighted by molar-refractivity contribution is 0.0433. The Bertz CT molecular complexity index is 872. The summed E-state index contributed by atoms with van der Waals surface area (Å²) in [6.45, 7) is 3.55. The van der Waals surface area contributed by atoms with Gasteiger partial charge in [0.2, 0.25) is 0 Å². The van der Waals surface area contributed by atoms with Gasteiger partial charge in [-0.2, -0.15) is 0 Å². The molecule has 3 aromatic heterocycles. The first kappa shape index (κ1) is 16.3. The van der Waals surface area contributed by atoms with E-state index in [1.54, 1.807) is 18.3 Å². The quantitative estimate of drug-likeness (QED) is 0.513. The summed E-state index contributed by atoms with van der Waals surface area (Å²) in [5, 5.41) is 8.46. The molecule has 3 heterocycles. The van der Waals surface area contributed by atoms with Crippen LogP contribution in [0, 0.1) is 13.8 Å². The molecule has 0 fully saturated rings. The summed E-state index contributed by atoms with van der Waals surface area (Å²) in [4.78, 5) is 16.3. The van der Waals surface area contributed by atoms with Crippen molar-refractivity contribution < 1.29 is 18.4 Å². The first-order valence-electron chi connectivity index (χ1n) is 7.14. The van der Waals surface area contributed by atoms with Crippen molar-refractivity contribution in [3.8, 4) is 11.5 Å². The van der Waals surface area contributed by atoms with Gasteiger partial charge in [0.15, 0.2) is 6.61 Å². The molecule has 8 heteroatoms. The Hall–Kier alpha value is -2.61. The molecular weight excluding hydrogens is 330 g/mol. The van der Waals surface area contributed by atoms with Gasteiger partial charge in [-0.1, -0.05) is 0 Å². The first-order valence-corrected chi connectivity index (χ1v) is 8.37. The summed E-state index contributed by atoms with van der Waals surface area (Å²) < 4.78 is 16.2. The fraction of sp³-hybridized carbons (Fsp3) is 0.250. The second kappa shape index (κ2) is 6.88. The van der Waals surface area contributed by atoms with E-state index in [2.05, 4.69) is 15.2 Å². The van der Waals surface area contributed by atoms with E-state index < -0.39 is 5.97 Å². The van der Waals surface area contributed by atoms with E-state index in [4.69, 9.17) is 13.6 Å². The Labute approximate surface area is 142 Å². The van der Waals surface area contributed by atoms with Crippen molar-refractivity contribution in [2.24, 2.45) is 0 Å². The third-order valence-corrected chi connectivity index (χ3v) is 3.96. The van der Waals surface area contributed by atoms with Crippen LogP contribution in [0.3, 0.4) is 0 Å². The fourth-order valence-electron chi connectivity index (χ4n) is 2.18. The second-order valence-electron chi connectivity index (χ2n) is 4.96. The minimum Gasteiger partial charge on any atom is -0.466 e. The molecule has 0 spiro atoms. The van der Waals surface area contributed by atoms with E-state index in [0.717, 1.165) is 11.3 Å². The normalized spacial score (nSPS) is 10.8. The number of pyridine rings is 1. The SMILES string of the molecule is CSc1ncccc1C(=O)OCc1nnc(-c2cc(C)oc2C)o1. The molecule has 0 saturated carbocycles. The number of hydrogen-bond acceptors (Lipinski definition) is 8. The zero-order valence-corrected chi connectivity index (χ0v) is 14.2. The molecule has 0 radical (unpaired) electrons. The van der Waals surface area contributed by atoms with Gasteiger partial charge in [0.05, 0.1) is 11.1 Å². The maximum absolute atomic E-state index is 12.2. The van der Waals surface area contributed by atoms with Crippen molar-refractivity contribution in [2.45, 2.75) is 25.5 Å². The average Bonchev–Trinajstić information content (AvgIpc) is 3.18. The largest absolute Gasteiger partial charge is 0.466 e. The zero-order chi connectivity index (χ0) is 17.1. The van der Waals surface area contributed by atoms with E-state index in [-0.39, 0.29) is 12.5 Å². The van der Waals surface area contributed by atoms with E-state index in [9.17, 15) is 4.79 Å². The number of ether oxygens (including phenoxy) is 1. The highest BCUT2D eigenvalue weighted by Gasteiger charge is 2.17.